The standard InChI is InChI=1S/C12H16O3.C4H6O2/c1-2-14-8-9-15-12(13)10-11-6-4-3-5-7-11;1-3-4(5)6-2/h3-7H,2,8-10H2,1H3;3H,1H2,2H3. The summed E-state index contributed by atoms with van der Waals surface area (Å²) in [4.78, 5) is 21.1. The second-order valence-electron chi connectivity index (χ2n) is 3.81. The molecule has 0 bridgehead atoms. The van der Waals surface area contributed by atoms with Crippen molar-refractivity contribution in [1.82, 2.24) is 0 Å². The summed E-state index contributed by atoms with van der Waals surface area (Å²) in [6.07, 6.45) is 1.44. The minimum Gasteiger partial charge on any atom is -0.466 e. The predicted octanol–water partition coefficient (Wildman–Crippen LogP) is 2.15. The first-order valence-corrected chi connectivity index (χ1v) is 6.61. The van der Waals surface area contributed by atoms with Gasteiger partial charge in [-0.2, -0.15) is 0 Å². The second kappa shape index (κ2) is 12.9. The van der Waals surface area contributed by atoms with Gasteiger partial charge in [0, 0.05) is 12.7 Å². The summed E-state index contributed by atoms with van der Waals surface area (Å²) in [5, 5.41) is 0. The van der Waals surface area contributed by atoms with E-state index in [-0.39, 0.29) is 5.97 Å². The molecule has 1 aromatic carbocycles. The maximum absolute atomic E-state index is 11.3. The van der Waals surface area contributed by atoms with E-state index >= 15 is 0 Å². The maximum atomic E-state index is 11.3. The number of benzene rings is 1. The van der Waals surface area contributed by atoms with Crippen LogP contribution in [0.15, 0.2) is 43.0 Å². The minimum atomic E-state index is -0.394. The Morgan fingerprint density at radius 3 is 2.33 bits per heavy atom. The molecule has 0 radical (unpaired) electrons. The van der Waals surface area contributed by atoms with E-state index in [1.807, 2.05) is 37.3 Å². The molecular formula is C16H22O5. The largest absolute Gasteiger partial charge is 0.466 e. The van der Waals surface area contributed by atoms with Crippen molar-refractivity contribution < 1.29 is 23.8 Å². The third kappa shape index (κ3) is 11.4. The Labute approximate surface area is 125 Å². The molecule has 5 nitrogen and oxygen atoms in total. The van der Waals surface area contributed by atoms with Crippen molar-refractivity contribution in [1.29, 1.82) is 0 Å². The quantitative estimate of drug-likeness (QED) is 0.438. The maximum Gasteiger partial charge on any atom is 0.329 e. The lowest BCUT2D eigenvalue weighted by molar-refractivity contribution is -0.144. The van der Waals surface area contributed by atoms with Crippen molar-refractivity contribution in [3.05, 3.63) is 48.6 Å². The number of hydrogen-bond acceptors (Lipinski definition) is 5. The van der Waals surface area contributed by atoms with Crippen molar-refractivity contribution in [2.24, 2.45) is 0 Å². The fourth-order valence-corrected chi connectivity index (χ4v) is 1.26. The van der Waals surface area contributed by atoms with Crippen LogP contribution in [-0.4, -0.2) is 38.9 Å². The number of carbonyl (C=O) groups excluding carboxylic acids is 2. The minimum absolute atomic E-state index is 0.207. The molecule has 0 atom stereocenters. The number of carbonyl (C=O) groups is 2. The summed E-state index contributed by atoms with van der Waals surface area (Å²) in [6, 6.07) is 9.54. The molecular weight excluding hydrogens is 272 g/mol. The molecule has 0 saturated carbocycles. The van der Waals surface area contributed by atoms with Crippen molar-refractivity contribution in [2.45, 2.75) is 13.3 Å². The lowest BCUT2D eigenvalue weighted by atomic mass is 10.2. The fourth-order valence-electron chi connectivity index (χ4n) is 1.26. The zero-order valence-corrected chi connectivity index (χ0v) is 12.5. The third-order valence-electron chi connectivity index (χ3n) is 2.25. The Kier molecular flexibility index (Phi) is 11.6. The van der Waals surface area contributed by atoms with E-state index in [0.717, 1.165) is 11.6 Å². The number of ether oxygens (including phenoxy) is 3. The lowest BCUT2D eigenvalue weighted by Crippen LogP contribution is -2.12. The Balaban J connectivity index is 0.000000567. The molecule has 0 N–H and O–H groups in total. The summed E-state index contributed by atoms with van der Waals surface area (Å²) in [5.41, 5.74) is 0.971. The molecule has 21 heavy (non-hydrogen) atoms. The van der Waals surface area contributed by atoms with Gasteiger partial charge in [0.1, 0.15) is 6.61 Å². The zero-order valence-electron chi connectivity index (χ0n) is 12.5. The molecule has 0 aliphatic heterocycles. The molecule has 0 heterocycles. The zero-order chi connectivity index (χ0) is 15.9. The molecule has 0 fully saturated rings. The summed E-state index contributed by atoms with van der Waals surface area (Å²) in [6.45, 7) is 6.52. The lowest BCUT2D eigenvalue weighted by Gasteiger charge is -2.04. The van der Waals surface area contributed by atoms with Crippen LogP contribution in [0.25, 0.3) is 0 Å². The summed E-state index contributed by atoms with van der Waals surface area (Å²) in [5.74, 6) is -0.601. The molecule has 0 saturated heterocycles. The Hall–Kier alpha value is -2.14. The van der Waals surface area contributed by atoms with Gasteiger partial charge >= 0.3 is 11.9 Å². The molecule has 1 rings (SSSR count). The van der Waals surface area contributed by atoms with Crippen LogP contribution < -0.4 is 0 Å². The summed E-state index contributed by atoms with van der Waals surface area (Å²) in [7, 11) is 1.31. The molecule has 116 valence electrons. The van der Waals surface area contributed by atoms with Gasteiger partial charge < -0.3 is 14.2 Å². The molecule has 0 spiro atoms. The second-order valence-corrected chi connectivity index (χ2v) is 3.81. The molecule has 0 unspecified atom stereocenters. The van der Waals surface area contributed by atoms with E-state index in [1.165, 1.54) is 7.11 Å². The smallest absolute Gasteiger partial charge is 0.329 e. The van der Waals surface area contributed by atoms with Crippen molar-refractivity contribution >= 4 is 11.9 Å². The first-order valence-electron chi connectivity index (χ1n) is 6.61. The predicted molar refractivity (Wildman–Crippen MR) is 79.8 cm³/mol. The van der Waals surface area contributed by atoms with Gasteiger partial charge in [-0.3, -0.25) is 4.79 Å². The number of rotatable bonds is 7. The van der Waals surface area contributed by atoms with Crippen molar-refractivity contribution in [3.8, 4) is 0 Å². The molecule has 0 aliphatic carbocycles. The van der Waals surface area contributed by atoms with Crippen LogP contribution in [0.4, 0.5) is 0 Å². The van der Waals surface area contributed by atoms with Gasteiger partial charge in [-0.1, -0.05) is 36.9 Å². The average Bonchev–Trinajstić information content (AvgIpc) is 2.52. The van der Waals surface area contributed by atoms with E-state index in [2.05, 4.69) is 11.3 Å². The Morgan fingerprint density at radius 1 is 1.19 bits per heavy atom. The first kappa shape index (κ1) is 18.9. The average molecular weight is 294 g/mol. The fraction of sp³-hybridized carbons (Fsp3) is 0.375. The van der Waals surface area contributed by atoms with Crippen LogP contribution >= 0.6 is 0 Å². The van der Waals surface area contributed by atoms with Gasteiger partial charge in [0.15, 0.2) is 0 Å². The molecule has 1 aromatic rings. The molecule has 0 aromatic heterocycles. The first-order chi connectivity index (χ1) is 10.1. The van der Waals surface area contributed by atoms with E-state index in [1.54, 1.807) is 0 Å². The van der Waals surface area contributed by atoms with Crippen molar-refractivity contribution in [2.75, 3.05) is 26.9 Å². The highest BCUT2D eigenvalue weighted by Gasteiger charge is 2.03. The van der Waals surface area contributed by atoms with Crippen LogP contribution in [0, 0.1) is 0 Å². The third-order valence-corrected chi connectivity index (χ3v) is 2.25. The van der Waals surface area contributed by atoms with E-state index in [4.69, 9.17) is 9.47 Å². The van der Waals surface area contributed by atoms with E-state index in [9.17, 15) is 9.59 Å². The van der Waals surface area contributed by atoms with E-state index in [0.29, 0.717) is 26.2 Å². The van der Waals surface area contributed by atoms with Gasteiger partial charge in [-0.05, 0) is 12.5 Å². The number of hydrogen-bond donors (Lipinski definition) is 0. The SMILES string of the molecule is C=CC(=O)OC.CCOCCOC(=O)Cc1ccccc1. The van der Waals surface area contributed by atoms with Gasteiger partial charge in [0.2, 0.25) is 0 Å². The van der Waals surface area contributed by atoms with Crippen LogP contribution in [0.1, 0.15) is 12.5 Å². The topological polar surface area (TPSA) is 61.8 Å². The van der Waals surface area contributed by atoms with Crippen LogP contribution in [0.3, 0.4) is 0 Å². The monoisotopic (exact) mass is 294 g/mol. The van der Waals surface area contributed by atoms with Gasteiger partial charge in [-0.15, -0.1) is 0 Å². The van der Waals surface area contributed by atoms with Crippen LogP contribution in [0.5, 0.6) is 0 Å². The summed E-state index contributed by atoms with van der Waals surface area (Å²) < 4.78 is 14.2. The normalized spacial score (nSPS) is 9.05. The highest BCUT2D eigenvalue weighted by atomic mass is 16.6. The molecule has 0 amide bonds. The van der Waals surface area contributed by atoms with Crippen LogP contribution in [-0.2, 0) is 30.2 Å². The number of methoxy groups -OCH3 is 1. The highest BCUT2D eigenvalue weighted by Crippen LogP contribution is 2.00. The number of esters is 2. The van der Waals surface area contributed by atoms with Gasteiger partial charge in [0.25, 0.3) is 0 Å². The molecule has 5 heteroatoms. The van der Waals surface area contributed by atoms with Gasteiger partial charge in [-0.25, -0.2) is 4.79 Å². The van der Waals surface area contributed by atoms with Gasteiger partial charge in [0.05, 0.1) is 20.1 Å². The van der Waals surface area contributed by atoms with Crippen LogP contribution in [0.2, 0.25) is 0 Å². The Bertz CT molecular complexity index is 414. The molecule has 0 aliphatic rings. The van der Waals surface area contributed by atoms with E-state index < -0.39 is 5.97 Å². The highest BCUT2D eigenvalue weighted by molar-refractivity contribution is 5.80. The Morgan fingerprint density at radius 2 is 1.86 bits per heavy atom. The van der Waals surface area contributed by atoms with Crippen molar-refractivity contribution in [3.63, 3.8) is 0 Å². The summed E-state index contributed by atoms with van der Waals surface area (Å²) >= 11 is 0.